The summed E-state index contributed by atoms with van der Waals surface area (Å²) in [6.45, 7) is 4.63. The molecule has 0 aromatic carbocycles. The van der Waals surface area contributed by atoms with Crippen LogP contribution in [0.15, 0.2) is 5.38 Å². The molecule has 1 aromatic heterocycles. The summed E-state index contributed by atoms with van der Waals surface area (Å²) in [4.78, 5) is 30.9. The van der Waals surface area contributed by atoms with Crippen molar-refractivity contribution in [3.63, 3.8) is 0 Å². The highest BCUT2D eigenvalue weighted by Gasteiger charge is 2.48. The smallest absolute Gasteiger partial charge is 0.322 e. The number of nitrogens with zero attached hydrogens (tertiary/aromatic N) is 2. The molecule has 3 aliphatic rings. The minimum Gasteiger partial charge on any atom is -0.323 e. The van der Waals surface area contributed by atoms with Crippen LogP contribution in [0.2, 0.25) is 0 Å². The highest BCUT2D eigenvalue weighted by molar-refractivity contribution is 7.09. The van der Waals surface area contributed by atoms with Gasteiger partial charge in [-0.25, -0.2) is 9.78 Å². The van der Waals surface area contributed by atoms with Crippen LogP contribution < -0.4 is 10.6 Å². The van der Waals surface area contributed by atoms with E-state index in [4.69, 9.17) is 4.98 Å². The number of likely N-dealkylation sites (tertiary alicyclic amines) is 1. The zero-order valence-electron chi connectivity index (χ0n) is 14.7. The van der Waals surface area contributed by atoms with Gasteiger partial charge in [-0.1, -0.05) is 12.8 Å². The Morgan fingerprint density at radius 1 is 1.24 bits per heavy atom. The molecule has 1 saturated carbocycles. The second-order valence-corrected chi connectivity index (χ2v) is 8.71. The topological polar surface area (TPSA) is 74.3 Å². The third kappa shape index (κ3) is 3.31. The molecule has 2 saturated heterocycles. The minimum atomic E-state index is -0.751. The van der Waals surface area contributed by atoms with Crippen LogP contribution in [0.5, 0.6) is 0 Å². The molecule has 2 N–H and O–H groups in total. The molecule has 4 rings (SSSR count). The Labute approximate surface area is 152 Å². The lowest BCUT2D eigenvalue weighted by molar-refractivity contribution is -0.125. The Kier molecular flexibility index (Phi) is 4.54. The number of hydrogen-bond acceptors (Lipinski definition) is 5. The third-order valence-electron chi connectivity index (χ3n) is 6.14. The molecule has 7 heteroatoms. The van der Waals surface area contributed by atoms with E-state index in [9.17, 15) is 9.59 Å². The van der Waals surface area contributed by atoms with Gasteiger partial charge in [-0.2, -0.15) is 0 Å². The van der Waals surface area contributed by atoms with E-state index < -0.39 is 5.54 Å². The van der Waals surface area contributed by atoms with Gasteiger partial charge in [0.15, 0.2) is 0 Å². The molecule has 1 aliphatic carbocycles. The number of hydrogen-bond donors (Lipinski definition) is 2. The Bertz CT molecular complexity index is 662. The quantitative estimate of drug-likeness (QED) is 0.808. The molecule has 3 fully saturated rings. The first-order chi connectivity index (χ1) is 12.0. The molecule has 25 heavy (non-hydrogen) atoms. The van der Waals surface area contributed by atoms with Gasteiger partial charge in [-0.05, 0) is 51.6 Å². The molecule has 136 valence electrons. The average molecular weight is 362 g/mol. The van der Waals surface area contributed by atoms with Gasteiger partial charge in [0.25, 0.3) is 5.91 Å². The molecular formula is C18H26N4O2S. The molecule has 6 nitrogen and oxygen atoms in total. The lowest BCUT2D eigenvalue weighted by Gasteiger charge is -2.38. The minimum absolute atomic E-state index is 0.184. The van der Waals surface area contributed by atoms with E-state index in [0.717, 1.165) is 32.5 Å². The largest absolute Gasteiger partial charge is 0.323 e. The van der Waals surface area contributed by atoms with E-state index in [1.54, 1.807) is 0 Å². The molecular weight excluding hydrogens is 336 g/mol. The summed E-state index contributed by atoms with van der Waals surface area (Å²) >= 11 is 1.82. The monoisotopic (exact) mass is 362 g/mol. The summed E-state index contributed by atoms with van der Waals surface area (Å²) in [5, 5.41) is 8.73. The maximum absolute atomic E-state index is 12.1. The first-order valence-electron chi connectivity index (χ1n) is 9.35. The number of thiazole rings is 1. The Morgan fingerprint density at radius 2 is 1.96 bits per heavy atom. The van der Waals surface area contributed by atoms with Gasteiger partial charge in [-0.15, -0.1) is 11.3 Å². The lowest BCUT2D eigenvalue weighted by Crippen LogP contribution is -2.53. The summed E-state index contributed by atoms with van der Waals surface area (Å²) in [5.41, 5.74) is 0.433. The number of urea groups is 1. The summed E-state index contributed by atoms with van der Waals surface area (Å²) in [7, 11) is 0. The van der Waals surface area contributed by atoms with E-state index >= 15 is 0 Å². The third-order valence-corrected chi connectivity index (χ3v) is 7.19. The molecule has 3 amide bonds. The fourth-order valence-electron chi connectivity index (χ4n) is 4.50. The van der Waals surface area contributed by atoms with E-state index in [0.29, 0.717) is 5.92 Å². The Hall–Kier alpha value is -1.47. The van der Waals surface area contributed by atoms with Crippen LogP contribution in [-0.2, 0) is 11.3 Å². The SMILES string of the molecule is CC1(C2CCN(Cc3csc(C4CCCC4)n3)CC2)NC(=O)NC1=O. The van der Waals surface area contributed by atoms with Crippen molar-refractivity contribution >= 4 is 23.3 Å². The zero-order valence-corrected chi connectivity index (χ0v) is 15.5. The first-order valence-corrected chi connectivity index (χ1v) is 10.2. The van der Waals surface area contributed by atoms with Gasteiger partial charge in [0.2, 0.25) is 0 Å². The Morgan fingerprint density at radius 3 is 2.60 bits per heavy atom. The van der Waals surface area contributed by atoms with Crippen molar-refractivity contribution in [2.75, 3.05) is 13.1 Å². The van der Waals surface area contributed by atoms with Gasteiger partial charge >= 0.3 is 6.03 Å². The van der Waals surface area contributed by atoms with Crippen LogP contribution in [0.4, 0.5) is 4.79 Å². The second kappa shape index (κ2) is 6.68. The van der Waals surface area contributed by atoms with Crippen molar-refractivity contribution in [3.05, 3.63) is 16.1 Å². The maximum Gasteiger partial charge on any atom is 0.322 e. The predicted octanol–water partition coefficient (Wildman–Crippen LogP) is 2.61. The standard InChI is InChI=1S/C18H26N4O2S/c1-18(16(23)20-17(24)21-18)13-6-8-22(9-7-13)10-14-11-25-15(19-14)12-4-2-3-5-12/h11-13H,2-10H2,1H3,(H2,20,21,23,24). The first kappa shape index (κ1) is 17.0. The highest BCUT2D eigenvalue weighted by Crippen LogP contribution is 2.36. The molecule has 1 unspecified atom stereocenters. The van der Waals surface area contributed by atoms with Gasteiger partial charge in [0, 0.05) is 17.8 Å². The van der Waals surface area contributed by atoms with Crippen molar-refractivity contribution < 1.29 is 9.59 Å². The molecule has 2 aliphatic heterocycles. The Balaban J connectivity index is 1.32. The highest BCUT2D eigenvalue weighted by atomic mass is 32.1. The van der Waals surface area contributed by atoms with Crippen LogP contribution in [0, 0.1) is 5.92 Å². The zero-order chi connectivity index (χ0) is 17.4. The summed E-state index contributed by atoms with van der Waals surface area (Å²) in [6, 6.07) is -0.364. The second-order valence-electron chi connectivity index (χ2n) is 7.82. The van der Waals surface area contributed by atoms with Crippen LogP contribution in [0.1, 0.15) is 62.1 Å². The summed E-state index contributed by atoms with van der Waals surface area (Å²) < 4.78 is 0. The van der Waals surface area contributed by atoms with E-state index in [2.05, 4.69) is 20.9 Å². The number of nitrogens with one attached hydrogen (secondary N) is 2. The fraction of sp³-hybridized carbons (Fsp3) is 0.722. The molecule has 0 radical (unpaired) electrons. The number of carbonyl (C=O) groups excluding carboxylic acids is 2. The number of amides is 3. The van der Waals surface area contributed by atoms with Crippen LogP contribution in [0.3, 0.4) is 0 Å². The van der Waals surface area contributed by atoms with Crippen molar-refractivity contribution in [2.45, 2.75) is 63.5 Å². The van der Waals surface area contributed by atoms with E-state index in [1.165, 1.54) is 36.4 Å². The number of piperidine rings is 1. The normalized spacial score (nSPS) is 29.2. The lowest BCUT2D eigenvalue weighted by atomic mass is 9.79. The number of imide groups is 1. The van der Waals surface area contributed by atoms with Crippen molar-refractivity contribution in [1.82, 2.24) is 20.5 Å². The van der Waals surface area contributed by atoms with Crippen molar-refractivity contribution in [3.8, 4) is 0 Å². The van der Waals surface area contributed by atoms with Crippen molar-refractivity contribution in [2.24, 2.45) is 5.92 Å². The van der Waals surface area contributed by atoms with E-state index in [-0.39, 0.29) is 17.9 Å². The van der Waals surface area contributed by atoms with Gasteiger partial charge < -0.3 is 5.32 Å². The molecule has 0 bridgehead atoms. The van der Waals surface area contributed by atoms with E-state index in [1.807, 2.05) is 18.3 Å². The van der Waals surface area contributed by atoms with Crippen LogP contribution in [0.25, 0.3) is 0 Å². The van der Waals surface area contributed by atoms with Gasteiger partial charge in [0.1, 0.15) is 5.54 Å². The maximum atomic E-state index is 12.1. The van der Waals surface area contributed by atoms with Gasteiger partial charge in [-0.3, -0.25) is 15.0 Å². The summed E-state index contributed by atoms with van der Waals surface area (Å²) in [6.07, 6.45) is 7.12. The molecule has 0 spiro atoms. The van der Waals surface area contributed by atoms with Crippen LogP contribution in [-0.4, -0.2) is 40.5 Å². The molecule has 3 heterocycles. The number of aromatic nitrogens is 1. The molecule has 1 aromatic rings. The summed E-state index contributed by atoms with van der Waals surface area (Å²) in [5.74, 6) is 0.699. The predicted molar refractivity (Wildman–Crippen MR) is 96.4 cm³/mol. The fourth-order valence-corrected chi connectivity index (χ4v) is 5.48. The number of carbonyl (C=O) groups is 2. The van der Waals surface area contributed by atoms with Gasteiger partial charge in [0.05, 0.1) is 10.7 Å². The average Bonchev–Trinajstić information content (AvgIpc) is 3.30. The number of rotatable bonds is 4. The molecule has 1 atom stereocenters. The van der Waals surface area contributed by atoms with Crippen molar-refractivity contribution in [1.29, 1.82) is 0 Å². The van der Waals surface area contributed by atoms with Crippen LogP contribution >= 0.6 is 11.3 Å².